The lowest BCUT2D eigenvalue weighted by atomic mass is 9.94. The first-order valence-corrected chi connectivity index (χ1v) is 8.41. The highest BCUT2D eigenvalue weighted by Crippen LogP contribution is 2.30. The zero-order chi connectivity index (χ0) is 15.5. The van der Waals surface area contributed by atoms with Gasteiger partial charge in [-0.1, -0.05) is 12.1 Å². The van der Waals surface area contributed by atoms with E-state index in [4.69, 9.17) is 5.11 Å². The summed E-state index contributed by atoms with van der Waals surface area (Å²) in [4.78, 5) is 13.1. The van der Waals surface area contributed by atoms with Crippen molar-refractivity contribution in [3.63, 3.8) is 0 Å². The number of nitrogens with zero attached hydrogens (tertiary/aromatic N) is 1. The van der Waals surface area contributed by atoms with Crippen molar-refractivity contribution in [3.8, 4) is 0 Å². The van der Waals surface area contributed by atoms with E-state index in [1.54, 1.807) is 24.3 Å². The van der Waals surface area contributed by atoms with E-state index in [0.717, 1.165) is 19.4 Å². The quantitative estimate of drug-likeness (QED) is 0.855. The lowest BCUT2D eigenvalue weighted by molar-refractivity contribution is -0.138. The van der Waals surface area contributed by atoms with Crippen LogP contribution >= 0.6 is 0 Å². The first-order valence-electron chi connectivity index (χ1n) is 6.93. The molecule has 1 aromatic rings. The van der Waals surface area contributed by atoms with Crippen LogP contribution < -0.4 is 9.62 Å². The number of carbonyl (C=O) groups is 1. The first-order chi connectivity index (χ1) is 9.94. The zero-order valence-corrected chi connectivity index (χ0v) is 12.8. The van der Waals surface area contributed by atoms with E-state index in [1.807, 2.05) is 4.90 Å². The summed E-state index contributed by atoms with van der Waals surface area (Å²) in [5.74, 6) is -0.750. The van der Waals surface area contributed by atoms with Crippen LogP contribution in [0.25, 0.3) is 0 Å². The van der Waals surface area contributed by atoms with Gasteiger partial charge >= 0.3 is 5.97 Å². The molecule has 6 nitrogen and oxygen atoms in total. The lowest BCUT2D eigenvalue weighted by Crippen LogP contribution is -2.37. The van der Waals surface area contributed by atoms with Gasteiger partial charge in [0.05, 0.1) is 5.69 Å². The predicted octanol–water partition coefficient (Wildman–Crippen LogP) is 1.29. The van der Waals surface area contributed by atoms with E-state index >= 15 is 0 Å². The third-order valence-corrected chi connectivity index (χ3v) is 5.21. The number of carboxylic acid groups (broad SMARTS) is 1. The second-order valence-electron chi connectivity index (χ2n) is 5.23. The van der Waals surface area contributed by atoms with Gasteiger partial charge in [0.25, 0.3) is 0 Å². The van der Waals surface area contributed by atoms with Crippen LogP contribution in [0.5, 0.6) is 0 Å². The minimum atomic E-state index is -3.53. The second kappa shape index (κ2) is 6.44. The van der Waals surface area contributed by atoms with E-state index < -0.39 is 16.0 Å². The van der Waals surface area contributed by atoms with Gasteiger partial charge in [-0.05, 0) is 37.9 Å². The van der Waals surface area contributed by atoms with Crippen molar-refractivity contribution in [1.29, 1.82) is 0 Å². The number of aliphatic carboxylic acids is 1. The molecule has 0 saturated carbocycles. The Labute approximate surface area is 124 Å². The van der Waals surface area contributed by atoms with Crippen LogP contribution in [0.2, 0.25) is 0 Å². The van der Waals surface area contributed by atoms with Crippen LogP contribution in [-0.2, 0) is 14.8 Å². The summed E-state index contributed by atoms with van der Waals surface area (Å²) in [5, 5.41) is 8.92. The Morgan fingerprint density at radius 2 is 2.14 bits per heavy atom. The molecule has 1 heterocycles. The molecule has 1 aliphatic heterocycles. The molecule has 1 unspecified atom stereocenters. The fourth-order valence-corrected chi connectivity index (χ4v) is 3.70. The summed E-state index contributed by atoms with van der Waals surface area (Å²) in [6, 6.07) is 6.83. The van der Waals surface area contributed by atoms with Crippen LogP contribution in [0, 0.1) is 5.92 Å². The molecule has 2 N–H and O–H groups in total. The monoisotopic (exact) mass is 312 g/mol. The minimum Gasteiger partial charge on any atom is -0.481 e. The summed E-state index contributed by atoms with van der Waals surface area (Å²) in [5.41, 5.74) is 0.641. The van der Waals surface area contributed by atoms with Crippen LogP contribution in [-0.4, -0.2) is 39.6 Å². The summed E-state index contributed by atoms with van der Waals surface area (Å²) < 4.78 is 26.5. The molecular weight excluding hydrogens is 292 g/mol. The fourth-order valence-electron chi connectivity index (χ4n) is 2.75. The number of piperidine rings is 1. The molecule has 7 heteroatoms. The van der Waals surface area contributed by atoms with E-state index in [9.17, 15) is 13.2 Å². The molecular formula is C14H20N2O4S. The van der Waals surface area contributed by atoms with Crippen LogP contribution in [0.4, 0.5) is 5.69 Å². The predicted molar refractivity (Wildman–Crippen MR) is 79.9 cm³/mol. The lowest BCUT2D eigenvalue weighted by Gasteiger charge is -2.34. The number of anilines is 1. The maximum atomic E-state index is 12.1. The van der Waals surface area contributed by atoms with Gasteiger partial charge < -0.3 is 10.0 Å². The van der Waals surface area contributed by atoms with E-state index in [1.165, 1.54) is 7.05 Å². The van der Waals surface area contributed by atoms with E-state index in [0.29, 0.717) is 12.2 Å². The van der Waals surface area contributed by atoms with Crippen molar-refractivity contribution < 1.29 is 18.3 Å². The number of hydrogen-bond acceptors (Lipinski definition) is 4. The maximum Gasteiger partial charge on any atom is 0.303 e. The summed E-state index contributed by atoms with van der Waals surface area (Å²) in [6.45, 7) is 1.31. The molecule has 1 atom stereocenters. The van der Waals surface area contributed by atoms with E-state index in [-0.39, 0.29) is 17.2 Å². The number of sulfonamides is 1. The van der Waals surface area contributed by atoms with Crippen LogP contribution in [0.3, 0.4) is 0 Å². The van der Waals surface area contributed by atoms with Gasteiger partial charge in [-0.25, -0.2) is 13.1 Å². The zero-order valence-electron chi connectivity index (χ0n) is 11.9. The van der Waals surface area contributed by atoms with Gasteiger partial charge in [-0.15, -0.1) is 0 Å². The average Bonchev–Trinajstić information content (AvgIpc) is 2.47. The number of nitrogens with one attached hydrogen (secondary N) is 1. The number of rotatable bonds is 5. The molecule has 1 aromatic carbocycles. The Kier molecular flexibility index (Phi) is 4.84. The molecule has 0 spiro atoms. The topological polar surface area (TPSA) is 86.7 Å². The SMILES string of the molecule is CNS(=O)(=O)c1ccccc1N1CCCC(CC(=O)O)C1. The number of para-hydroxylation sites is 1. The third-order valence-electron chi connectivity index (χ3n) is 3.75. The van der Waals surface area contributed by atoms with Crippen LogP contribution in [0.15, 0.2) is 29.2 Å². The van der Waals surface area contributed by atoms with Gasteiger partial charge in [0.2, 0.25) is 10.0 Å². The molecule has 1 fully saturated rings. The highest BCUT2D eigenvalue weighted by Gasteiger charge is 2.26. The molecule has 0 radical (unpaired) electrons. The van der Waals surface area contributed by atoms with Crippen molar-refractivity contribution in [2.24, 2.45) is 5.92 Å². The van der Waals surface area contributed by atoms with Crippen molar-refractivity contribution in [3.05, 3.63) is 24.3 Å². The van der Waals surface area contributed by atoms with Gasteiger partial charge in [-0.3, -0.25) is 4.79 Å². The summed E-state index contributed by atoms with van der Waals surface area (Å²) in [7, 11) is -2.14. The maximum absolute atomic E-state index is 12.1. The first kappa shape index (κ1) is 15.8. The molecule has 1 saturated heterocycles. The molecule has 0 amide bonds. The summed E-state index contributed by atoms with van der Waals surface area (Å²) >= 11 is 0. The van der Waals surface area contributed by atoms with E-state index in [2.05, 4.69) is 4.72 Å². The largest absolute Gasteiger partial charge is 0.481 e. The standard InChI is InChI=1S/C14H20N2O4S/c1-15-21(19,20)13-7-3-2-6-12(13)16-8-4-5-11(10-16)9-14(17)18/h2-3,6-7,11,15H,4-5,8-10H2,1H3,(H,17,18). The van der Waals surface area contributed by atoms with Crippen molar-refractivity contribution >= 4 is 21.7 Å². The van der Waals surface area contributed by atoms with Gasteiger partial charge in [0.1, 0.15) is 4.90 Å². The average molecular weight is 312 g/mol. The third kappa shape index (κ3) is 3.74. The Morgan fingerprint density at radius 3 is 2.81 bits per heavy atom. The second-order valence-corrected chi connectivity index (χ2v) is 7.08. The molecule has 0 aromatic heterocycles. The van der Waals surface area contributed by atoms with Crippen LogP contribution in [0.1, 0.15) is 19.3 Å². The number of benzene rings is 1. The highest BCUT2D eigenvalue weighted by molar-refractivity contribution is 7.89. The molecule has 116 valence electrons. The smallest absolute Gasteiger partial charge is 0.303 e. The fraction of sp³-hybridized carbons (Fsp3) is 0.500. The van der Waals surface area contributed by atoms with Gasteiger partial charge in [0.15, 0.2) is 0 Å². The molecule has 1 aliphatic rings. The highest BCUT2D eigenvalue weighted by atomic mass is 32.2. The van der Waals surface area contributed by atoms with Gasteiger partial charge in [0, 0.05) is 19.5 Å². The van der Waals surface area contributed by atoms with Gasteiger partial charge in [-0.2, -0.15) is 0 Å². The Balaban J connectivity index is 2.28. The molecule has 0 aliphatic carbocycles. The summed E-state index contributed by atoms with van der Waals surface area (Å²) in [6.07, 6.45) is 1.85. The van der Waals surface area contributed by atoms with Crippen molar-refractivity contribution in [2.75, 3.05) is 25.0 Å². The number of hydrogen-bond donors (Lipinski definition) is 2. The van der Waals surface area contributed by atoms with Crippen molar-refractivity contribution in [2.45, 2.75) is 24.2 Å². The number of carboxylic acids is 1. The Bertz CT molecular complexity index is 615. The minimum absolute atomic E-state index is 0.0570. The molecule has 21 heavy (non-hydrogen) atoms. The molecule has 0 bridgehead atoms. The molecule has 2 rings (SSSR count). The Morgan fingerprint density at radius 1 is 1.43 bits per heavy atom. The normalized spacial score (nSPS) is 19.5. The van der Waals surface area contributed by atoms with Crippen molar-refractivity contribution in [1.82, 2.24) is 4.72 Å². The Hall–Kier alpha value is -1.60.